The third-order valence-corrected chi connectivity index (χ3v) is 5.22. The Labute approximate surface area is 154 Å². The number of carbonyl (C=O) groups excluding carboxylic acids is 1. The molecule has 1 saturated heterocycles. The topological polar surface area (TPSA) is 80.2 Å². The van der Waals surface area contributed by atoms with E-state index >= 15 is 0 Å². The maximum absolute atomic E-state index is 11.5. The maximum Gasteiger partial charge on any atom is 0.410 e. The minimum Gasteiger partial charge on any atom is -0.447 e. The molecule has 1 aliphatic rings. The maximum atomic E-state index is 11.5. The van der Waals surface area contributed by atoms with Crippen molar-refractivity contribution in [2.24, 2.45) is 0 Å². The predicted molar refractivity (Wildman–Crippen MR) is 99.5 cm³/mol. The number of likely N-dealkylation sites (N-methyl/N-ethyl adjacent to an activating group) is 1. The number of rotatable bonds is 4. The van der Waals surface area contributed by atoms with Gasteiger partial charge < -0.3 is 10.1 Å². The number of thiazole rings is 1. The normalized spacial score (nSPS) is 16.6. The molecule has 0 saturated carbocycles. The lowest BCUT2D eigenvalue weighted by Gasteiger charge is -2.12. The van der Waals surface area contributed by atoms with Crippen molar-refractivity contribution in [2.75, 3.05) is 19.0 Å². The van der Waals surface area contributed by atoms with Crippen molar-refractivity contribution >= 4 is 29.1 Å². The van der Waals surface area contributed by atoms with Crippen LogP contribution >= 0.6 is 11.3 Å². The van der Waals surface area contributed by atoms with Gasteiger partial charge in [-0.3, -0.25) is 4.90 Å². The second-order valence-corrected chi connectivity index (χ2v) is 7.08. The van der Waals surface area contributed by atoms with Crippen molar-refractivity contribution in [3.8, 4) is 10.6 Å². The van der Waals surface area contributed by atoms with E-state index in [0.29, 0.717) is 12.4 Å². The van der Waals surface area contributed by atoms with Crippen LogP contribution in [0.25, 0.3) is 10.6 Å². The van der Waals surface area contributed by atoms with Gasteiger partial charge in [0.05, 0.1) is 10.6 Å². The van der Waals surface area contributed by atoms with Crippen molar-refractivity contribution in [3.05, 3.63) is 53.3 Å². The largest absolute Gasteiger partial charge is 0.447 e. The van der Waals surface area contributed by atoms with Gasteiger partial charge in [0.1, 0.15) is 29.3 Å². The van der Waals surface area contributed by atoms with Gasteiger partial charge in [-0.15, -0.1) is 11.3 Å². The lowest BCUT2D eigenvalue weighted by molar-refractivity contribution is 0.163. The summed E-state index contributed by atoms with van der Waals surface area (Å²) in [6.07, 6.45) is 3.23. The summed E-state index contributed by atoms with van der Waals surface area (Å²) in [6.45, 7) is 2.35. The molecule has 1 atom stereocenters. The van der Waals surface area contributed by atoms with Gasteiger partial charge in [0, 0.05) is 19.4 Å². The van der Waals surface area contributed by atoms with Gasteiger partial charge in [0.15, 0.2) is 0 Å². The smallest absolute Gasteiger partial charge is 0.410 e. The van der Waals surface area contributed by atoms with Crippen LogP contribution in [0.5, 0.6) is 0 Å². The molecule has 1 amide bonds. The SMILES string of the molecule is Cc1ccnc(Nc2cccc(-c3cnc([C@@H]4COC(=O)N4C)s3)n2)c1. The number of hydrogen-bond donors (Lipinski definition) is 1. The Bertz CT molecular complexity index is 958. The van der Waals surface area contributed by atoms with E-state index in [-0.39, 0.29) is 12.1 Å². The first kappa shape index (κ1) is 16.5. The number of carbonyl (C=O) groups is 1. The number of amides is 1. The highest BCUT2D eigenvalue weighted by Gasteiger charge is 2.33. The van der Waals surface area contributed by atoms with Gasteiger partial charge in [-0.05, 0) is 36.8 Å². The fraction of sp³-hybridized carbons (Fsp3) is 0.222. The Morgan fingerprint density at radius 2 is 2.15 bits per heavy atom. The van der Waals surface area contributed by atoms with Crippen LogP contribution in [-0.4, -0.2) is 39.6 Å². The number of cyclic esters (lactones) is 1. The molecule has 4 heterocycles. The zero-order valence-electron chi connectivity index (χ0n) is 14.3. The predicted octanol–water partition coefficient (Wildman–Crippen LogP) is 3.78. The summed E-state index contributed by atoms with van der Waals surface area (Å²) in [7, 11) is 1.72. The molecule has 0 aromatic carbocycles. The fourth-order valence-corrected chi connectivity index (χ4v) is 3.68. The van der Waals surface area contributed by atoms with E-state index in [9.17, 15) is 4.79 Å². The van der Waals surface area contributed by atoms with E-state index in [2.05, 4.69) is 20.3 Å². The fourth-order valence-electron chi connectivity index (χ4n) is 2.67. The molecule has 0 bridgehead atoms. The minimum atomic E-state index is -0.318. The number of aromatic nitrogens is 3. The highest BCUT2D eigenvalue weighted by molar-refractivity contribution is 7.15. The molecule has 132 valence electrons. The van der Waals surface area contributed by atoms with E-state index in [0.717, 1.165) is 27.0 Å². The molecule has 0 unspecified atom stereocenters. The summed E-state index contributed by atoms with van der Waals surface area (Å²) in [5.74, 6) is 1.47. The number of anilines is 2. The van der Waals surface area contributed by atoms with E-state index < -0.39 is 0 Å². The summed E-state index contributed by atoms with van der Waals surface area (Å²) >= 11 is 1.52. The van der Waals surface area contributed by atoms with Crippen molar-refractivity contribution < 1.29 is 9.53 Å². The standard InChI is InChI=1S/C18H17N5O2S/c1-11-6-7-19-16(8-11)22-15-5-3-4-12(21-15)14-9-20-17(26-14)13-10-25-18(24)23(13)2/h3-9,13H,10H2,1-2H3,(H,19,21,22)/t13-/m0/s1. The van der Waals surface area contributed by atoms with Crippen molar-refractivity contribution in [1.82, 2.24) is 19.9 Å². The number of nitrogens with zero attached hydrogens (tertiary/aromatic N) is 4. The molecular weight excluding hydrogens is 350 g/mol. The van der Waals surface area contributed by atoms with Crippen LogP contribution in [0, 0.1) is 6.92 Å². The Hall–Kier alpha value is -3.00. The van der Waals surface area contributed by atoms with Gasteiger partial charge >= 0.3 is 6.09 Å². The first-order valence-corrected chi connectivity index (χ1v) is 8.94. The quantitative estimate of drug-likeness (QED) is 0.756. The second kappa shape index (κ2) is 6.72. The minimum absolute atomic E-state index is 0.140. The zero-order chi connectivity index (χ0) is 18.1. The van der Waals surface area contributed by atoms with Crippen LogP contribution in [0.15, 0.2) is 42.7 Å². The van der Waals surface area contributed by atoms with Crippen LogP contribution in [0.3, 0.4) is 0 Å². The van der Waals surface area contributed by atoms with Crippen LogP contribution in [-0.2, 0) is 4.74 Å². The van der Waals surface area contributed by atoms with E-state index in [1.54, 1.807) is 24.3 Å². The zero-order valence-corrected chi connectivity index (χ0v) is 15.2. The number of pyridine rings is 2. The van der Waals surface area contributed by atoms with Crippen molar-refractivity contribution in [2.45, 2.75) is 13.0 Å². The Balaban J connectivity index is 1.56. The third-order valence-electron chi connectivity index (χ3n) is 4.10. The van der Waals surface area contributed by atoms with Gasteiger partial charge in [0.25, 0.3) is 0 Å². The van der Waals surface area contributed by atoms with Gasteiger partial charge in [-0.2, -0.15) is 0 Å². The van der Waals surface area contributed by atoms with Crippen molar-refractivity contribution in [3.63, 3.8) is 0 Å². The molecule has 3 aromatic rings. The Kier molecular flexibility index (Phi) is 4.26. The molecule has 8 heteroatoms. The summed E-state index contributed by atoms with van der Waals surface area (Å²) in [6, 6.07) is 9.54. The number of ether oxygens (including phenoxy) is 1. The average molecular weight is 367 g/mol. The molecule has 3 aromatic heterocycles. The first-order valence-electron chi connectivity index (χ1n) is 8.12. The summed E-state index contributed by atoms with van der Waals surface area (Å²) in [5, 5.41) is 4.06. The lowest BCUT2D eigenvalue weighted by atomic mass is 10.3. The molecule has 26 heavy (non-hydrogen) atoms. The molecule has 4 rings (SSSR count). The van der Waals surface area contributed by atoms with Crippen LogP contribution in [0.2, 0.25) is 0 Å². The van der Waals surface area contributed by atoms with E-state index in [1.807, 2.05) is 37.3 Å². The van der Waals surface area contributed by atoms with Gasteiger partial charge in [-0.25, -0.2) is 19.7 Å². The molecule has 0 aliphatic carbocycles. The summed E-state index contributed by atoms with van der Waals surface area (Å²) in [5.41, 5.74) is 1.95. The second-order valence-electron chi connectivity index (χ2n) is 6.02. The van der Waals surface area contributed by atoms with Gasteiger partial charge in [-0.1, -0.05) is 6.07 Å². The Morgan fingerprint density at radius 1 is 1.27 bits per heavy atom. The number of aryl methyl sites for hydroxylation is 1. The lowest BCUT2D eigenvalue weighted by Crippen LogP contribution is -2.22. The van der Waals surface area contributed by atoms with E-state index in [4.69, 9.17) is 4.74 Å². The summed E-state index contributed by atoms with van der Waals surface area (Å²) < 4.78 is 5.06. The first-order chi connectivity index (χ1) is 12.6. The highest BCUT2D eigenvalue weighted by atomic mass is 32.1. The van der Waals surface area contributed by atoms with Gasteiger partial charge in [0.2, 0.25) is 0 Å². The van der Waals surface area contributed by atoms with Crippen LogP contribution in [0.1, 0.15) is 16.6 Å². The molecular formula is C18H17N5O2S. The number of hydrogen-bond acceptors (Lipinski definition) is 7. The third kappa shape index (κ3) is 3.23. The average Bonchev–Trinajstić information content (AvgIpc) is 3.23. The molecule has 1 N–H and O–H groups in total. The molecule has 1 aliphatic heterocycles. The molecule has 1 fully saturated rings. The van der Waals surface area contributed by atoms with Crippen LogP contribution in [0.4, 0.5) is 16.4 Å². The van der Waals surface area contributed by atoms with E-state index in [1.165, 1.54) is 11.3 Å². The highest BCUT2D eigenvalue weighted by Crippen LogP contribution is 2.33. The molecule has 7 nitrogen and oxygen atoms in total. The Morgan fingerprint density at radius 3 is 2.92 bits per heavy atom. The summed E-state index contributed by atoms with van der Waals surface area (Å²) in [4.78, 5) is 27.4. The molecule has 0 radical (unpaired) electrons. The van der Waals surface area contributed by atoms with Crippen LogP contribution < -0.4 is 5.32 Å². The molecule has 0 spiro atoms. The number of nitrogens with one attached hydrogen (secondary N) is 1. The monoisotopic (exact) mass is 367 g/mol. The van der Waals surface area contributed by atoms with Crippen molar-refractivity contribution in [1.29, 1.82) is 0 Å².